The van der Waals surface area contributed by atoms with E-state index in [1.165, 1.54) is 0 Å². The van der Waals surface area contributed by atoms with Crippen molar-refractivity contribution in [2.24, 2.45) is 5.92 Å². The minimum Gasteiger partial charge on any atom is -0.489 e. The van der Waals surface area contributed by atoms with Gasteiger partial charge in [-0.05, 0) is 87.2 Å². The maximum Gasteiger partial charge on any atom is 0.225 e. The number of carbonyl (C=O) groups is 1. The Balaban J connectivity index is 1.26. The number of anilines is 1. The van der Waals surface area contributed by atoms with E-state index in [2.05, 4.69) is 15.1 Å². The Morgan fingerprint density at radius 3 is 2.49 bits per heavy atom. The number of aliphatic hydroxyl groups is 1. The third-order valence-electron chi connectivity index (χ3n) is 7.23. The van der Waals surface area contributed by atoms with E-state index in [1.807, 2.05) is 36.4 Å². The fourth-order valence-electron chi connectivity index (χ4n) is 5.02. The number of nitrogens with zero attached hydrogens (tertiary/aromatic N) is 2. The topological polar surface area (TPSA) is 65.0 Å². The van der Waals surface area contributed by atoms with Crippen LogP contribution in [0.15, 0.2) is 42.5 Å². The van der Waals surface area contributed by atoms with Crippen LogP contribution in [0.25, 0.3) is 0 Å². The first-order valence-corrected chi connectivity index (χ1v) is 13.4. The number of likely N-dealkylation sites (tertiary alicyclic amines) is 1. The van der Waals surface area contributed by atoms with Crippen LogP contribution in [0, 0.1) is 5.92 Å². The lowest BCUT2D eigenvalue weighted by Crippen LogP contribution is -2.48. The highest BCUT2D eigenvalue weighted by atomic mass is 35.5. The van der Waals surface area contributed by atoms with E-state index in [9.17, 15) is 9.90 Å². The maximum absolute atomic E-state index is 13.3. The van der Waals surface area contributed by atoms with Crippen LogP contribution in [0.1, 0.15) is 43.8 Å². The van der Waals surface area contributed by atoms with Crippen molar-refractivity contribution in [3.8, 4) is 5.75 Å². The minimum absolute atomic E-state index is 0.00973. The maximum atomic E-state index is 13.3. The van der Waals surface area contributed by atoms with Crippen molar-refractivity contribution in [3.05, 3.63) is 58.1 Å². The van der Waals surface area contributed by atoms with Gasteiger partial charge in [0.2, 0.25) is 5.91 Å². The molecule has 35 heavy (non-hydrogen) atoms. The summed E-state index contributed by atoms with van der Waals surface area (Å²) in [5.41, 5.74) is 1.76. The highest BCUT2D eigenvalue weighted by molar-refractivity contribution is 6.32. The lowest BCUT2D eigenvalue weighted by molar-refractivity contribution is -0.126. The molecule has 0 unspecified atom stereocenters. The van der Waals surface area contributed by atoms with Crippen LogP contribution in [0.3, 0.4) is 0 Å². The van der Waals surface area contributed by atoms with Crippen molar-refractivity contribution in [2.45, 2.75) is 50.4 Å². The van der Waals surface area contributed by atoms with Crippen molar-refractivity contribution >= 4 is 34.8 Å². The summed E-state index contributed by atoms with van der Waals surface area (Å²) in [6.45, 7) is 4.05. The van der Waals surface area contributed by atoms with Gasteiger partial charge in [0.05, 0.1) is 23.1 Å². The summed E-state index contributed by atoms with van der Waals surface area (Å²) in [5, 5.41) is 15.7. The van der Waals surface area contributed by atoms with Crippen LogP contribution in [0.4, 0.5) is 5.69 Å². The van der Waals surface area contributed by atoms with Crippen molar-refractivity contribution < 1.29 is 14.6 Å². The number of hydrogen-bond donors (Lipinski definition) is 2. The van der Waals surface area contributed by atoms with E-state index < -0.39 is 12.1 Å². The smallest absolute Gasteiger partial charge is 0.225 e. The van der Waals surface area contributed by atoms with Crippen LogP contribution < -0.4 is 15.0 Å². The molecule has 0 aromatic heterocycles. The Hall–Kier alpha value is -1.99. The summed E-state index contributed by atoms with van der Waals surface area (Å²) in [7, 11) is 0. The second kappa shape index (κ2) is 11.0. The summed E-state index contributed by atoms with van der Waals surface area (Å²) >= 11 is 12.5. The summed E-state index contributed by atoms with van der Waals surface area (Å²) in [4.78, 5) is 17.8. The first-order valence-electron chi connectivity index (χ1n) is 12.6. The number of halogens is 2. The molecule has 2 heterocycles. The number of benzene rings is 2. The average molecular weight is 518 g/mol. The molecule has 0 bridgehead atoms. The molecule has 6 nitrogen and oxygen atoms in total. The van der Waals surface area contributed by atoms with Gasteiger partial charge >= 0.3 is 0 Å². The molecule has 3 aliphatic rings. The predicted octanol–water partition coefficient (Wildman–Crippen LogP) is 4.68. The Morgan fingerprint density at radius 2 is 1.80 bits per heavy atom. The Morgan fingerprint density at radius 1 is 1.06 bits per heavy atom. The van der Waals surface area contributed by atoms with Crippen molar-refractivity contribution in [3.63, 3.8) is 0 Å². The van der Waals surface area contributed by atoms with Gasteiger partial charge in [-0.2, -0.15) is 0 Å². The number of amides is 1. The molecule has 2 aromatic carbocycles. The number of carbonyl (C=O) groups excluding carboxylic acids is 1. The second-order valence-corrected chi connectivity index (χ2v) is 10.8. The van der Waals surface area contributed by atoms with Crippen LogP contribution in [-0.4, -0.2) is 60.8 Å². The molecule has 3 fully saturated rings. The van der Waals surface area contributed by atoms with E-state index in [1.54, 1.807) is 6.07 Å². The first-order chi connectivity index (χ1) is 17.0. The highest BCUT2D eigenvalue weighted by Crippen LogP contribution is 2.34. The molecule has 0 radical (unpaired) electrons. The molecule has 5 rings (SSSR count). The first kappa shape index (κ1) is 24.7. The molecule has 2 saturated heterocycles. The van der Waals surface area contributed by atoms with E-state index in [4.69, 9.17) is 27.9 Å². The molecule has 2 aromatic rings. The van der Waals surface area contributed by atoms with Crippen LogP contribution in [0.5, 0.6) is 5.75 Å². The Labute approximate surface area is 217 Å². The summed E-state index contributed by atoms with van der Waals surface area (Å²) in [6, 6.07) is 12.8. The van der Waals surface area contributed by atoms with E-state index in [0.29, 0.717) is 34.4 Å². The average Bonchev–Trinajstić information content (AvgIpc) is 3.30. The minimum atomic E-state index is -0.860. The second-order valence-electron chi connectivity index (χ2n) is 9.98. The summed E-state index contributed by atoms with van der Waals surface area (Å²) < 4.78 is 5.84. The third kappa shape index (κ3) is 6.23. The van der Waals surface area contributed by atoms with Gasteiger partial charge in [0.15, 0.2) is 0 Å². The van der Waals surface area contributed by atoms with Gasteiger partial charge in [0, 0.05) is 30.3 Å². The number of ether oxygens (including phenoxy) is 1. The number of aliphatic hydroxyl groups excluding tert-OH is 1. The predicted molar refractivity (Wildman–Crippen MR) is 139 cm³/mol. The molecule has 1 saturated carbocycles. The molecule has 2 N–H and O–H groups in total. The van der Waals surface area contributed by atoms with E-state index in [-0.39, 0.29) is 17.9 Å². The Kier molecular flexibility index (Phi) is 7.73. The lowest BCUT2D eigenvalue weighted by atomic mass is 10.00. The van der Waals surface area contributed by atoms with Crippen molar-refractivity contribution in [1.82, 2.24) is 10.2 Å². The molecule has 1 aliphatic carbocycles. The fraction of sp³-hybridized carbons (Fsp3) is 0.519. The van der Waals surface area contributed by atoms with Crippen LogP contribution in [0.2, 0.25) is 10.0 Å². The largest absolute Gasteiger partial charge is 0.489 e. The Bertz CT molecular complexity index is 1020. The molecule has 3 atom stereocenters. The normalized spacial score (nSPS) is 22.3. The van der Waals surface area contributed by atoms with Crippen molar-refractivity contribution in [1.29, 1.82) is 0 Å². The zero-order chi connectivity index (χ0) is 24.4. The standard InChI is InChI=1S/C27H33Cl2N3O3/c28-20-4-6-21(7-5-20)32-14-11-19(16-32)27(34)30-24(17-31-12-1-2-13-31)26(33)18-3-10-25(23(29)15-18)35-22-8-9-22/h3-7,10,15,19,22,24,26,33H,1-2,8-9,11-14,16-17H2,(H,30,34)/t19-,24-,26-/m1/s1. The zero-order valence-corrected chi connectivity index (χ0v) is 21.3. The molecule has 2 aliphatic heterocycles. The molecule has 0 spiro atoms. The highest BCUT2D eigenvalue weighted by Gasteiger charge is 2.33. The van der Waals surface area contributed by atoms with Gasteiger partial charge in [-0.1, -0.05) is 29.3 Å². The van der Waals surface area contributed by atoms with Gasteiger partial charge < -0.3 is 25.0 Å². The number of hydrogen-bond acceptors (Lipinski definition) is 5. The van der Waals surface area contributed by atoms with Gasteiger partial charge in [0.25, 0.3) is 0 Å². The quantitative estimate of drug-likeness (QED) is 0.505. The van der Waals surface area contributed by atoms with Gasteiger partial charge in [-0.3, -0.25) is 4.79 Å². The molecule has 1 amide bonds. The SMILES string of the molecule is O=C(N[C@H](CN1CCCC1)[C@H](O)c1ccc(OC2CC2)c(Cl)c1)[C@@H]1CCN(c2ccc(Cl)cc2)C1. The van der Waals surface area contributed by atoms with Gasteiger partial charge in [0.1, 0.15) is 11.9 Å². The number of rotatable bonds is 9. The van der Waals surface area contributed by atoms with Crippen LogP contribution in [-0.2, 0) is 4.79 Å². The van der Waals surface area contributed by atoms with Gasteiger partial charge in [-0.15, -0.1) is 0 Å². The zero-order valence-electron chi connectivity index (χ0n) is 19.8. The molecule has 8 heteroatoms. The molecular weight excluding hydrogens is 485 g/mol. The summed E-state index contributed by atoms with van der Waals surface area (Å²) in [5.74, 6) is 0.514. The fourth-order valence-corrected chi connectivity index (χ4v) is 5.38. The van der Waals surface area contributed by atoms with Crippen LogP contribution >= 0.6 is 23.2 Å². The van der Waals surface area contributed by atoms with E-state index in [0.717, 1.165) is 57.4 Å². The summed E-state index contributed by atoms with van der Waals surface area (Å²) in [6.07, 6.45) is 4.58. The van der Waals surface area contributed by atoms with Gasteiger partial charge in [-0.25, -0.2) is 0 Å². The molecule has 188 valence electrons. The van der Waals surface area contributed by atoms with E-state index >= 15 is 0 Å². The van der Waals surface area contributed by atoms with Crippen molar-refractivity contribution in [2.75, 3.05) is 37.6 Å². The lowest BCUT2D eigenvalue weighted by Gasteiger charge is -2.30. The third-order valence-corrected chi connectivity index (χ3v) is 7.78. The monoisotopic (exact) mass is 517 g/mol. The number of nitrogens with one attached hydrogen (secondary N) is 1. The molecular formula is C27H33Cl2N3O3.